The van der Waals surface area contributed by atoms with Crippen LogP contribution in [0.5, 0.6) is 0 Å². The van der Waals surface area contributed by atoms with Gasteiger partial charge in [0.05, 0.1) is 5.69 Å². The van der Waals surface area contributed by atoms with Crippen molar-refractivity contribution >= 4 is 21.9 Å². The molecule has 2 aromatic carbocycles. The van der Waals surface area contributed by atoms with Crippen LogP contribution in [0.2, 0.25) is 0 Å². The number of furan rings is 1. The largest absolute Gasteiger partial charge is 0.455 e. The third-order valence-corrected chi connectivity index (χ3v) is 6.25. The summed E-state index contributed by atoms with van der Waals surface area (Å²) in [7, 11) is 0. The fourth-order valence-corrected chi connectivity index (χ4v) is 4.70. The van der Waals surface area contributed by atoms with Crippen molar-refractivity contribution in [2.45, 2.75) is 38.4 Å². The Hall–Kier alpha value is -3.46. The number of para-hydroxylation sites is 1. The molecule has 0 radical (unpaired) electrons. The van der Waals surface area contributed by atoms with Crippen LogP contribution in [0.25, 0.3) is 33.2 Å². The van der Waals surface area contributed by atoms with E-state index in [4.69, 9.17) is 9.90 Å². The van der Waals surface area contributed by atoms with E-state index in [-0.39, 0.29) is 5.92 Å². The average Bonchev–Trinajstić information content (AvgIpc) is 3.58. The molecule has 6 rings (SSSR count). The smallest absolute Gasteiger partial charge is 0.145 e. The van der Waals surface area contributed by atoms with Crippen LogP contribution in [-0.2, 0) is 12.7 Å². The third kappa shape index (κ3) is 3.58. The minimum absolute atomic E-state index is 0.00829. The Morgan fingerprint density at radius 3 is 2.59 bits per heavy atom. The van der Waals surface area contributed by atoms with Crippen LogP contribution < -0.4 is 0 Å². The topological polar surface area (TPSA) is 38.9 Å². The van der Waals surface area contributed by atoms with Crippen LogP contribution >= 0.6 is 0 Å². The molecule has 3 nitrogen and oxygen atoms in total. The summed E-state index contributed by atoms with van der Waals surface area (Å²) in [6.45, 7) is 0. The summed E-state index contributed by atoms with van der Waals surface area (Å²) >= 11 is 0. The Labute approximate surface area is 193 Å². The van der Waals surface area contributed by atoms with Gasteiger partial charge in [-0.15, -0.1) is 0 Å². The van der Waals surface area contributed by atoms with Gasteiger partial charge in [0.25, 0.3) is 0 Å². The maximum atomic E-state index is 9.02. The molecule has 3 aromatic heterocycles. The zero-order chi connectivity index (χ0) is 24.9. The van der Waals surface area contributed by atoms with E-state index >= 15 is 0 Å². The molecule has 158 valence electrons. The lowest BCUT2D eigenvalue weighted by Crippen LogP contribution is -1.99. The summed E-state index contributed by atoms with van der Waals surface area (Å²) in [6, 6.07) is 18.3. The first-order valence-corrected chi connectivity index (χ1v) is 11.2. The molecule has 0 aliphatic heterocycles. The molecular formula is C29H26N2O. The van der Waals surface area contributed by atoms with Gasteiger partial charge in [0.1, 0.15) is 11.2 Å². The molecule has 32 heavy (non-hydrogen) atoms. The van der Waals surface area contributed by atoms with Gasteiger partial charge < -0.3 is 4.42 Å². The van der Waals surface area contributed by atoms with Crippen molar-refractivity contribution in [3.05, 3.63) is 95.9 Å². The highest BCUT2D eigenvalue weighted by Gasteiger charge is 2.19. The Morgan fingerprint density at radius 2 is 1.72 bits per heavy atom. The molecule has 0 amide bonds. The van der Waals surface area contributed by atoms with Gasteiger partial charge >= 0.3 is 0 Å². The van der Waals surface area contributed by atoms with E-state index in [1.165, 1.54) is 0 Å². The molecule has 1 fully saturated rings. The fraction of sp³-hybridized carbons (Fsp3) is 0.241. The first kappa shape index (κ1) is 15.4. The highest BCUT2D eigenvalue weighted by atomic mass is 16.3. The van der Waals surface area contributed by atoms with Crippen molar-refractivity contribution < 1.29 is 9.90 Å². The highest BCUT2D eigenvalue weighted by Crippen LogP contribution is 2.38. The van der Waals surface area contributed by atoms with Crippen molar-refractivity contribution in [3.63, 3.8) is 0 Å². The SMILES string of the molecule is [2H]C([2H])(c1ccncc1)c1ccc(-c2cc(C([2H])([2H])C3CCCC3)ccn2)c2oc3ccccc3c12. The van der Waals surface area contributed by atoms with E-state index in [9.17, 15) is 0 Å². The standard InChI is InChI=1S/C29H26N2O/c1-2-6-20(5-1)17-22-13-16-31-26(19-22)24-10-9-23(18-21-11-14-30-15-12-21)28-25-7-3-4-8-27(25)32-29(24)28/h3-4,7-16,19-20H,1-2,5-6,17-18H2/i17D2,18D2. The minimum atomic E-state index is -1.78. The van der Waals surface area contributed by atoms with Gasteiger partial charge in [-0.25, -0.2) is 0 Å². The molecule has 3 heterocycles. The molecule has 3 heteroatoms. The summed E-state index contributed by atoms with van der Waals surface area (Å²) in [6.07, 6.45) is 5.59. The second-order valence-corrected chi connectivity index (χ2v) is 8.38. The number of nitrogens with zero attached hydrogens (tertiary/aromatic N) is 2. The van der Waals surface area contributed by atoms with Crippen molar-refractivity contribution in [3.8, 4) is 11.3 Å². The Bertz CT molecular complexity index is 1560. The second-order valence-electron chi connectivity index (χ2n) is 8.38. The van der Waals surface area contributed by atoms with Gasteiger partial charge in [-0.2, -0.15) is 0 Å². The predicted octanol–water partition coefficient (Wildman–Crippen LogP) is 7.37. The Kier molecular flexibility index (Phi) is 3.95. The number of pyridine rings is 2. The van der Waals surface area contributed by atoms with Crippen LogP contribution in [-0.4, -0.2) is 9.97 Å². The number of aromatic nitrogens is 2. The normalized spacial score (nSPS) is 17.2. The van der Waals surface area contributed by atoms with E-state index < -0.39 is 12.7 Å². The molecule has 0 unspecified atom stereocenters. The monoisotopic (exact) mass is 422 g/mol. The molecule has 0 bridgehead atoms. The summed E-state index contributed by atoms with van der Waals surface area (Å²) < 4.78 is 42.1. The average molecular weight is 423 g/mol. The van der Waals surface area contributed by atoms with Gasteiger partial charge in [-0.3, -0.25) is 9.97 Å². The van der Waals surface area contributed by atoms with E-state index in [1.807, 2.05) is 36.4 Å². The summed E-state index contributed by atoms with van der Waals surface area (Å²) in [4.78, 5) is 8.63. The van der Waals surface area contributed by atoms with E-state index in [1.54, 1.807) is 42.9 Å². The highest BCUT2D eigenvalue weighted by molar-refractivity contribution is 6.11. The van der Waals surface area contributed by atoms with Gasteiger partial charge in [-0.1, -0.05) is 49.9 Å². The van der Waals surface area contributed by atoms with Gasteiger partial charge in [0.2, 0.25) is 0 Å². The Balaban J connectivity index is 1.56. The fourth-order valence-electron chi connectivity index (χ4n) is 4.70. The van der Waals surface area contributed by atoms with Crippen molar-refractivity contribution in [1.29, 1.82) is 0 Å². The summed E-state index contributed by atoms with van der Waals surface area (Å²) in [5.41, 5.74) is 4.22. The van der Waals surface area contributed by atoms with E-state index in [2.05, 4.69) is 9.97 Å². The molecule has 1 aliphatic carbocycles. The van der Waals surface area contributed by atoms with Crippen molar-refractivity contribution in [2.24, 2.45) is 5.92 Å². The Morgan fingerprint density at radius 1 is 0.906 bits per heavy atom. The molecular weight excluding hydrogens is 392 g/mol. The van der Waals surface area contributed by atoms with Crippen LogP contribution in [0.3, 0.4) is 0 Å². The maximum Gasteiger partial charge on any atom is 0.145 e. The lowest BCUT2D eigenvalue weighted by molar-refractivity contribution is 0.546. The first-order valence-electron chi connectivity index (χ1n) is 13.2. The number of hydrogen-bond acceptors (Lipinski definition) is 3. The molecule has 0 atom stereocenters. The lowest BCUT2D eigenvalue weighted by Gasteiger charge is -2.11. The third-order valence-electron chi connectivity index (χ3n) is 6.25. The second kappa shape index (κ2) is 8.23. The molecule has 0 N–H and O–H groups in total. The maximum absolute atomic E-state index is 9.02. The van der Waals surface area contributed by atoms with Crippen molar-refractivity contribution in [2.75, 3.05) is 0 Å². The van der Waals surface area contributed by atoms with Crippen molar-refractivity contribution in [1.82, 2.24) is 9.97 Å². The number of fused-ring (bicyclic) bond motifs is 3. The quantitative estimate of drug-likeness (QED) is 0.297. The van der Waals surface area contributed by atoms with Gasteiger partial charge in [-0.05, 0) is 71.8 Å². The van der Waals surface area contributed by atoms with Gasteiger partial charge in [0, 0.05) is 40.4 Å². The van der Waals surface area contributed by atoms with Crippen LogP contribution in [0.1, 0.15) is 47.9 Å². The summed E-state index contributed by atoms with van der Waals surface area (Å²) in [5, 5.41) is 1.54. The predicted molar refractivity (Wildman–Crippen MR) is 130 cm³/mol. The van der Waals surface area contributed by atoms with E-state index in [0.29, 0.717) is 38.9 Å². The molecule has 0 saturated heterocycles. The molecule has 1 aliphatic rings. The summed E-state index contributed by atoms with van der Waals surface area (Å²) in [5.74, 6) is 0.00829. The molecule has 1 saturated carbocycles. The van der Waals surface area contributed by atoms with E-state index in [0.717, 1.165) is 36.6 Å². The zero-order valence-electron chi connectivity index (χ0n) is 21.7. The lowest BCUT2D eigenvalue weighted by atomic mass is 9.95. The zero-order valence-corrected chi connectivity index (χ0v) is 17.7. The number of hydrogen-bond donors (Lipinski definition) is 0. The van der Waals surface area contributed by atoms with Crippen LogP contribution in [0.4, 0.5) is 0 Å². The molecule has 0 spiro atoms. The number of benzene rings is 2. The van der Waals surface area contributed by atoms with Crippen LogP contribution in [0, 0.1) is 5.92 Å². The first-order chi connectivity index (χ1) is 17.4. The minimum Gasteiger partial charge on any atom is -0.455 e. The van der Waals surface area contributed by atoms with Crippen LogP contribution in [0.15, 0.2) is 83.7 Å². The van der Waals surface area contributed by atoms with Gasteiger partial charge in [0.15, 0.2) is 0 Å². The molecule has 5 aromatic rings. The number of rotatable bonds is 5.